The van der Waals surface area contributed by atoms with Gasteiger partial charge in [-0.15, -0.1) is 11.8 Å². The first-order valence-corrected chi connectivity index (χ1v) is 12.0. The van der Waals surface area contributed by atoms with Crippen LogP contribution in [0, 0.1) is 19.7 Å². The maximum Gasteiger partial charge on any atom is 0.252 e. The molecule has 1 atom stereocenters. The van der Waals surface area contributed by atoms with Crippen LogP contribution in [0.2, 0.25) is 0 Å². The van der Waals surface area contributed by atoms with E-state index in [1.54, 1.807) is 23.9 Å². The Morgan fingerprint density at radius 3 is 2.58 bits per heavy atom. The lowest BCUT2D eigenvalue weighted by molar-refractivity contribution is 0.0162. The number of amides is 1. The fourth-order valence-electron chi connectivity index (χ4n) is 3.95. The van der Waals surface area contributed by atoms with Gasteiger partial charge in [-0.2, -0.15) is 0 Å². The Morgan fingerprint density at radius 2 is 1.88 bits per heavy atom. The number of ether oxygens (including phenoxy) is 1. The van der Waals surface area contributed by atoms with Crippen LogP contribution in [0.15, 0.2) is 57.9 Å². The molecule has 4 rings (SSSR count). The number of nitrogens with one attached hydrogen (secondary N) is 1. The second kappa shape index (κ2) is 11.0. The van der Waals surface area contributed by atoms with Crippen LogP contribution in [-0.4, -0.2) is 48.8 Å². The Bertz CT molecular complexity index is 1060. The van der Waals surface area contributed by atoms with Crippen molar-refractivity contribution in [2.45, 2.75) is 30.5 Å². The molecule has 3 aromatic rings. The van der Waals surface area contributed by atoms with Gasteiger partial charge in [0.25, 0.3) is 5.91 Å². The van der Waals surface area contributed by atoms with Crippen LogP contribution in [0.25, 0.3) is 0 Å². The largest absolute Gasteiger partial charge is 0.379 e. The van der Waals surface area contributed by atoms with Gasteiger partial charge < -0.3 is 14.6 Å². The summed E-state index contributed by atoms with van der Waals surface area (Å²) in [5, 5.41) is 7.12. The van der Waals surface area contributed by atoms with E-state index in [1.807, 2.05) is 38.1 Å². The number of carbonyl (C=O) groups is 1. The average molecular weight is 470 g/mol. The molecule has 8 heteroatoms. The molecule has 2 heterocycles. The molecule has 0 saturated carbocycles. The highest BCUT2D eigenvalue weighted by Crippen LogP contribution is 2.29. The monoisotopic (exact) mass is 469 g/mol. The smallest absolute Gasteiger partial charge is 0.252 e. The third-order valence-corrected chi connectivity index (χ3v) is 6.98. The van der Waals surface area contributed by atoms with Crippen LogP contribution in [0.3, 0.4) is 0 Å². The van der Waals surface area contributed by atoms with Gasteiger partial charge in [-0.25, -0.2) is 4.39 Å². The zero-order valence-electron chi connectivity index (χ0n) is 18.8. The topological polar surface area (TPSA) is 67.6 Å². The van der Waals surface area contributed by atoms with Crippen LogP contribution < -0.4 is 5.32 Å². The molecule has 1 aliphatic rings. The van der Waals surface area contributed by atoms with Crippen molar-refractivity contribution < 1.29 is 18.4 Å². The summed E-state index contributed by atoms with van der Waals surface area (Å²) in [5.74, 6) is 1.08. The first-order chi connectivity index (χ1) is 16.0. The van der Waals surface area contributed by atoms with E-state index >= 15 is 0 Å². The number of nitrogens with zero attached hydrogens (tertiary/aromatic N) is 2. The van der Waals surface area contributed by atoms with Gasteiger partial charge in [-0.1, -0.05) is 29.4 Å². The first-order valence-electron chi connectivity index (χ1n) is 11.0. The number of hydrogen-bond donors (Lipinski definition) is 1. The van der Waals surface area contributed by atoms with Gasteiger partial charge in [-0.05, 0) is 43.7 Å². The van der Waals surface area contributed by atoms with Crippen molar-refractivity contribution in [3.8, 4) is 0 Å². The highest BCUT2D eigenvalue weighted by molar-refractivity contribution is 7.98. The minimum absolute atomic E-state index is 0.0550. The lowest BCUT2D eigenvalue weighted by Crippen LogP contribution is -2.43. The van der Waals surface area contributed by atoms with Crippen molar-refractivity contribution >= 4 is 17.7 Å². The second-order valence-corrected chi connectivity index (χ2v) is 9.03. The number of hydrogen-bond acceptors (Lipinski definition) is 6. The predicted octanol–water partition coefficient (Wildman–Crippen LogP) is 4.53. The molecule has 0 radical (unpaired) electrons. The average Bonchev–Trinajstić information content (AvgIpc) is 3.16. The summed E-state index contributed by atoms with van der Waals surface area (Å²) in [7, 11) is 0. The summed E-state index contributed by atoms with van der Waals surface area (Å²) in [6.07, 6.45) is 0. The Morgan fingerprint density at radius 1 is 1.15 bits per heavy atom. The Kier molecular flexibility index (Phi) is 7.80. The number of halogens is 1. The Labute approximate surface area is 197 Å². The number of morpholine rings is 1. The molecule has 1 aromatic heterocycles. The van der Waals surface area contributed by atoms with Crippen LogP contribution in [0.1, 0.15) is 39.0 Å². The van der Waals surface area contributed by atoms with E-state index < -0.39 is 0 Å². The third-order valence-electron chi connectivity index (χ3n) is 5.88. The SMILES string of the molecule is Cc1noc(C)c1CSc1ccccc1C(=O)NCC(c1ccc(F)cc1)N1CCOCC1. The van der Waals surface area contributed by atoms with Crippen molar-refractivity contribution in [3.05, 3.63) is 82.5 Å². The maximum absolute atomic E-state index is 13.5. The fraction of sp³-hybridized carbons (Fsp3) is 0.360. The third kappa shape index (κ3) is 5.82. The van der Waals surface area contributed by atoms with E-state index in [1.165, 1.54) is 12.1 Å². The first kappa shape index (κ1) is 23.5. The van der Waals surface area contributed by atoms with Gasteiger partial charge in [0.2, 0.25) is 0 Å². The molecule has 1 fully saturated rings. The van der Waals surface area contributed by atoms with Gasteiger partial charge in [0, 0.05) is 35.8 Å². The molecule has 6 nitrogen and oxygen atoms in total. The number of aryl methyl sites for hydroxylation is 2. The molecule has 0 aliphatic carbocycles. The van der Waals surface area contributed by atoms with Crippen molar-refractivity contribution in [2.24, 2.45) is 0 Å². The van der Waals surface area contributed by atoms with Crippen LogP contribution in [-0.2, 0) is 10.5 Å². The van der Waals surface area contributed by atoms with Gasteiger partial charge in [0.15, 0.2) is 0 Å². The van der Waals surface area contributed by atoms with Gasteiger partial charge >= 0.3 is 0 Å². The summed E-state index contributed by atoms with van der Waals surface area (Å²) in [6, 6.07) is 14.0. The Balaban J connectivity index is 1.46. The standard InChI is InChI=1S/C25H28FN3O3S/c1-17-22(18(2)32-28-17)16-33-24-6-4-3-5-21(24)25(30)27-15-23(29-11-13-31-14-12-29)19-7-9-20(26)10-8-19/h3-10,23H,11-16H2,1-2H3,(H,27,30). The molecule has 0 spiro atoms. The summed E-state index contributed by atoms with van der Waals surface area (Å²) in [4.78, 5) is 16.4. The molecule has 2 aromatic carbocycles. The summed E-state index contributed by atoms with van der Waals surface area (Å²) in [5.41, 5.74) is 3.53. The molecule has 33 heavy (non-hydrogen) atoms. The number of carbonyl (C=O) groups excluding carboxylic acids is 1. The zero-order valence-corrected chi connectivity index (χ0v) is 19.7. The highest BCUT2D eigenvalue weighted by Gasteiger charge is 2.24. The van der Waals surface area contributed by atoms with E-state index in [-0.39, 0.29) is 17.8 Å². The summed E-state index contributed by atoms with van der Waals surface area (Å²) >= 11 is 1.59. The van der Waals surface area contributed by atoms with E-state index in [0.29, 0.717) is 31.1 Å². The zero-order chi connectivity index (χ0) is 23.2. The van der Waals surface area contributed by atoms with Crippen molar-refractivity contribution in [2.75, 3.05) is 32.8 Å². The number of thioether (sulfide) groups is 1. The van der Waals surface area contributed by atoms with Gasteiger partial charge in [0.1, 0.15) is 11.6 Å². The number of aromatic nitrogens is 1. The van der Waals surface area contributed by atoms with E-state index in [2.05, 4.69) is 15.4 Å². The molecule has 0 bridgehead atoms. The molecular weight excluding hydrogens is 441 g/mol. The van der Waals surface area contributed by atoms with Crippen molar-refractivity contribution in [3.63, 3.8) is 0 Å². The highest BCUT2D eigenvalue weighted by atomic mass is 32.2. The second-order valence-electron chi connectivity index (χ2n) is 8.01. The van der Waals surface area contributed by atoms with E-state index in [0.717, 1.165) is 40.6 Å². The minimum atomic E-state index is -0.271. The maximum atomic E-state index is 13.5. The molecular formula is C25H28FN3O3S. The number of benzene rings is 2. The molecule has 1 unspecified atom stereocenters. The molecule has 1 aliphatic heterocycles. The Hall–Kier alpha value is -2.68. The van der Waals surface area contributed by atoms with Gasteiger partial charge in [-0.3, -0.25) is 9.69 Å². The summed E-state index contributed by atoms with van der Waals surface area (Å²) in [6.45, 7) is 7.07. The van der Waals surface area contributed by atoms with Crippen LogP contribution in [0.5, 0.6) is 0 Å². The summed E-state index contributed by atoms with van der Waals surface area (Å²) < 4.78 is 24.2. The fourth-order valence-corrected chi connectivity index (χ4v) is 5.16. The lowest BCUT2D eigenvalue weighted by atomic mass is 10.0. The van der Waals surface area contributed by atoms with Crippen LogP contribution >= 0.6 is 11.8 Å². The van der Waals surface area contributed by atoms with Crippen molar-refractivity contribution in [1.29, 1.82) is 0 Å². The predicted molar refractivity (Wildman–Crippen MR) is 126 cm³/mol. The molecule has 1 N–H and O–H groups in total. The number of rotatable bonds is 8. The van der Waals surface area contributed by atoms with Crippen LogP contribution in [0.4, 0.5) is 4.39 Å². The molecule has 1 amide bonds. The quantitative estimate of drug-likeness (QED) is 0.489. The molecule has 174 valence electrons. The van der Waals surface area contributed by atoms with Gasteiger partial charge in [0.05, 0.1) is 30.5 Å². The minimum Gasteiger partial charge on any atom is -0.379 e. The van der Waals surface area contributed by atoms with E-state index in [4.69, 9.17) is 9.26 Å². The van der Waals surface area contributed by atoms with Crippen molar-refractivity contribution in [1.82, 2.24) is 15.4 Å². The normalized spacial score (nSPS) is 15.4. The van der Waals surface area contributed by atoms with E-state index in [9.17, 15) is 9.18 Å². The lowest BCUT2D eigenvalue weighted by Gasteiger charge is -2.35. The molecule has 1 saturated heterocycles.